The molecular weight excluding hydrogens is 509 g/mol. The Morgan fingerprint density at radius 3 is 2.65 bits per heavy atom. The van der Waals surface area contributed by atoms with E-state index >= 15 is 0 Å². The monoisotopic (exact) mass is 545 g/mol. The maximum atomic E-state index is 13.6. The summed E-state index contributed by atoms with van der Waals surface area (Å²) in [5.74, 6) is 0.990. The molecule has 1 saturated carbocycles. The van der Waals surface area contributed by atoms with Gasteiger partial charge < -0.3 is 20.0 Å². The average Bonchev–Trinajstić information content (AvgIpc) is 3.76. The SMILES string of the molecule is CC(C)C1CN(C(=O)Nc2cccc(F)c2)CCN1C(=Nc1cccc2c1CCN(C(=O)CC1CC1)C2)NC#N. The van der Waals surface area contributed by atoms with Crippen LogP contribution in [-0.4, -0.2) is 64.8 Å². The van der Waals surface area contributed by atoms with Crippen molar-refractivity contribution in [3.8, 4) is 6.19 Å². The fraction of sp³-hybridized carbons (Fsp3) is 0.467. The van der Waals surface area contributed by atoms with Crippen LogP contribution in [0.5, 0.6) is 0 Å². The number of aliphatic imine (C=N–C) groups is 1. The second kappa shape index (κ2) is 11.9. The fourth-order valence-electron chi connectivity index (χ4n) is 5.53. The number of carbonyl (C=O) groups is 2. The predicted molar refractivity (Wildman–Crippen MR) is 151 cm³/mol. The molecule has 9 nitrogen and oxygen atoms in total. The molecule has 1 aliphatic carbocycles. The highest BCUT2D eigenvalue weighted by Gasteiger charge is 2.34. The number of anilines is 1. The van der Waals surface area contributed by atoms with Crippen LogP contribution in [0.4, 0.5) is 20.6 Å². The quantitative estimate of drug-likeness (QED) is 0.250. The summed E-state index contributed by atoms with van der Waals surface area (Å²) < 4.78 is 13.6. The van der Waals surface area contributed by atoms with Gasteiger partial charge in [-0.1, -0.05) is 32.0 Å². The van der Waals surface area contributed by atoms with Gasteiger partial charge in [-0.05, 0) is 66.5 Å². The Balaban J connectivity index is 1.33. The van der Waals surface area contributed by atoms with Gasteiger partial charge in [0.05, 0.1) is 11.7 Å². The third kappa shape index (κ3) is 6.36. The number of benzene rings is 2. The third-order valence-electron chi connectivity index (χ3n) is 7.97. The van der Waals surface area contributed by atoms with Gasteiger partial charge in [0.1, 0.15) is 5.82 Å². The highest BCUT2D eigenvalue weighted by atomic mass is 19.1. The van der Waals surface area contributed by atoms with Crippen LogP contribution in [0.1, 0.15) is 44.2 Å². The van der Waals surface area contributed by atoms with E-state index in [2.05, 4.69) is 35.4 Å². The van der Waals surface area contributed by atoms with E-state index in [1.165, 1.54) is 12.1 Å². The molecule has 2 N–H and O–H groups in total. The summed E-state index contributed by atoms with van der Waals surface area (Å²) in [5.41, 5.74) is 3.39. The highest BCUT2D eigenvalue weighted by molar-refractivity contribution is 5.90. The Morgan fingerprint density at radius 2 is 1.93 bits per heavy atom. The number of carbonyl (C=O) groups excluding carboxylic acids is 2. The molecule has 0 bridgehead atoms. The number of nitrogens with one attached hydrogen (secondary N) is 2. The van der Waals surface area contributed by atoms with E-state index in [0.717, 1.165) is 29.7 Å². The first kappa shape index (κ1) is 27.4. The van der Waals surface area contributed by atoms with Gasteiger partial charge in [0.15, 0.2) is 6.19 Å². The van der Waals surface area contributed by atoms with E-state index in [1.807, 2.05) is 23.2 Å². The summed E-state index contributed by atoms with van der Waals surface area (Å²) in [6, 6.07) is 11.4. The molecule has 5 rings (SSSR count). The number of nitrogens with zero attached hydrogens (tertiary/aromatic N) is 5. The molecule has 2 aliphatic heterocycles. The van der Waals surface area contributed by atoms with Gasteiger partial charge >= 0.3 is 6.03 Å². The third-order valence-corrected chi connectivity index (χ3v) is 7.97. The Hall–Kier alpha value is -4.13. The Morgan fingerprint density at radius 1 is 1.12 bits per heavy atom. The number of guanidine groups is 1. The van der Waals surface area contributed by atoms with Crippen molar-refractivity contribution in [2.24, 2.45) is 16.8 Å². The summed E-state index contributed by atoms with van der Waals surface area (Å²) in [6.07, 6.45) is 5.72. The molecule has 10 heteroatoms. The molecule has 1 saturated heterocycles. The highest BCUT2D eigenvalue weighted by Crippen LogP contribution is 2.34. The first-order valence-electron chi connectivity index (χ1n) is 14.0. The zero-order valence-electron chi connectivity index (χ0n) is 23.1. The van der Waals surface area contributed by atoms with Crippen LogP contribution in [0, 0.1) is 29.1 Å². The second-order valence-corrected chi connectivity index (χ2v) is 11.2. The Bertz CT molecular complexity index is 1330. The summed E-state index contributed by atoms with van der Waals surface area (Å²) in [6.45, 7) is 6.72. The smallest absolute Gasteiger partial charge is 0.321 e. The lowest BCUT2D eigenvalue weighted by atomic mass is 9.97. The number of hydrogen-bond donors (Lipinski definition) is 2. The molecule has 3 amide bonds. The minimum atomic E-state index is -0.410. The van der Waals surface area contributed by atoms with Crippen molar-refractivity contribution in [2.45, 2.75) is 52.1 Å². The lowest BCUT2D eigenvalue weighted by Gasteiger charge is -2.44. The average molecular weight is 546 g/mol. The molecule has 1 atom stereocenters. The van der Waals surface area contributed by atoms with Gasteiger partial charge in [-0.2, -0.15) is 5.26 Å². The normalized spacial score (nSPS) is 19.2. The summed E-state index contributed by atoms with van der Waals surface area (Å²) >= 11 is 0. The first-order valence-corrected chi connectivity index (χ1v) is 14.0. The second-order valence-electron chi connectivity index (χ2n) is 11.2. The molecule has 2 fully saturated rings. The van der Waals surface area contributed by atoms with Crippen LogP contribution in [-0.2, 0) is 17.8 Å². The van der Waals surface area contributed by atoms with Crippen molar-refractivity contribution in [2.75, 3.05) is 31.5 Å². The molecule has 2 aromatic rings. The largest absolute Gasteiger partial charge is 0.338 e. The van der Waals surface area contributed by atoms with Gasteiger partial charge in [0.2, 0.25) is 11.9 Å². The van der Waals surface area contributed by atoms with E-state index in [0.29, 0.717) is 63.1 Å². The van der Waals surface area contributed by atoms with Crippen molar-refractivity contribution in [3.63, 3.8) is 0 Å². The number of rotatable bonds is 5. The van der Waals surface area contributed by atoms with E-state index in [4.69, 9.17) is 4.99 Å². The molecule has 0 aromatic heterocycles. The molecule has 0 spiro atoms. The molecule has 0 radical (unpaired) electrons. The minimum absolute atomic E-state index is 0.0957. The topological polar surface area (TPSA) is 104 Å². The Labute approximate surface area is 234 Å². The van der Waals surface area contributed by atoms with Crippen LogP contribution in [0.3, 0.4) is 0 Å². The van der Waals surface area contributed by atoms with Crippen molar-refractivity contribution in [1.29, 1.82) is 5.26 Å². The number of amides is 3. The van der Waals surface area contributed by atoms with Gasteiger partial charge in [0.25, 0.3) is 0 Å². The molecular formula is C30H36FN7O2. The van der Waals surface area contributed by atoms with Crippen molar-refractivity contribution in [3.05, 3.63) is 59.4 Å². The number of nitriles is 1. The molecule has 40 heavy (non-hydrogen) atoms. The Kier molecular flexibility index (Phi) is 8.19. The van der Waals surface area contributed by atoms with Gasteiger partial charge in [-0.25, -0.2) is 14.2 Å². The van der Waals surface area contributed by atoms with Crippen LogP contribution in [0.15, 0.2) is 47.5 Å². The minimum Gasteiger partial charge on any atom is -0.338 e. The van der Waals surface area contributed by atoms with Crippen molar-refractivity contribution < 1.29 is 14.0 Å². The van der Waals surface area contributed by atoms with Gasteiger partial charge in [-0.15, -0.1) is 0 Å². The zero-order valence-corrected chi connectivity index (χ0v) is 23.1. The van der Waals surface area contributed by atoms with E-state index in [-0.39, 0.29) is 23.9 Å². The van der Waals surface area contributed by atoms with E-state index in [1.54, 1.807) is 17.0 Å². The molecule has 2 aromatic carbocycles. The zero-order chi connectivity index (χ0) is 28.2. The summed E-state index contributed by atoms with van der Waals surface area (Å²) in [4.78, 5) is 36.4. The predicted octanol–water partition coefficient (Wildman–Crippen LogP) is 4.44. The number of hydrogen-bond acceptors (Lipinski definition) is 4. The van der Waals surface area contributed by atoms with Crippen LogP contribution in [0.25, 0.3) is 0 Å². The summed E-state index contributed by atoms with van der Waals surface area (Å²) in [5, 5.41) is 15.2. The van der Waals surface area contributed by atoms with E-state index < -0.39 is 5.82 Å². The fourth-order valence-corrected chi connectivity index (χ4v) is 5.53. The maximum Gasteiger partial charge on any atom is 0.321 e. The number of fused-ring (bicyclic) bond motifs is 1. The lowest BCUT2D eigenvalue weighted by Crippen LogP contribution is -2.60. The standard InChI is InChI=1S/C30H36FN7O2/c1-20(2)27-18-37(30(40)34-24-7-4-6-23(31)16-24)13-14-38(27)29(33-19-32)35-26-8-3-5-22-17-36(12-11-25(22)26)28(39)15-21-9-10-21/h3-8,16,20-21,27H,9-15,17-18H2,1-2H3,(H,33,35)(H,34,40). The first-order chi connectivity index (χ1) is 19.3. The lowest BCUT2D eigenvalue weighted by molar-refractivity contribution is -0.132. The number of halogens is 1. The molecule has 2 heterocycles. The number of piperazine rings is 1. The van der Waals surface area contributed by atoms with Crippen LogP contribution < -0.4 is 10.6 Å². The van der Waals surface area contributed by atoms with Gasteiger partial charge in [-0.3, -0.25) is 10.1 Å². The maximum absolute atomic E-state index is 13.6. The van der Waals surface area contributed by atoms with Crippen molar-refractivity contribution in [1.82, 2.24) is 20.0 Å². The van der Waals surface area contributed by atoms with Crippen LogP contribution >= 0.6 is 0 Å². The molecule has 1 unspecified atom stereocenters. The van der Waals surface area contributed by atoms with Crippen molar-refractivity contribution >= 4 is 29.3 Å². The van der Waals surface area contributed by atoms with E-state index in [9.17, 15) is 19.2 Å². The van der Waals surface area contributed by atoms with Crippen LogP contribution in [0.2, 0.25) is 0 Å². The molecule has 3 aliphatic rings. The molecule has 210 valence electrons. The summed E-state index contributed by atoms with van der Waals surface area (Å²) in [7, 11) is 0. The van der Waals surface area contributed by atoms with Gasteiger partial charge in [0, 0.05) is 44.8 Å². The number of urea groups is 1.